The predicted octanol–water partition coefficient (Wildman–Crippen LogP) is 3.93. The summed E-state index contributed by atoms with van der Waals surface area (Å²) in [5.41, 5.74) is 2.44. The molecule has 2 aromatic rings. The minimum Gasteiger partial charge on any atom is -0.367 e. The van der Waals surface area contributed by atoms with Crippen LogP contribution in [0.5, 0.6) is 0 Å². The van der Waals surface area contributed by atoms with Crippen molar-refractivity contribution in [3.05, 3.63) is 71.8 Å². The molecule has 0 unspecified atom stereocenters. The van der Waals surface area contributed by atoms with Gasteiger partial charge >= 0.3 is 0 Å². The molecule has 0 spiro atoms. The van der Waals surface area contributed by atoms with E-state index in [1.807, 2.05) is 12.1 Å². The second kappa shape index (κ2) is 7.39. The Balaban J connectivity index is 1.73. The van der Waals surface area contributed by atoms with E-state index in [1.165, 1.54) is 30.4 Å². The molecule has 0 radical (unpaired) electrons. The zero-order chi connectivity index (χ0) is 14.3. The molecule has 1 aliphatic rings. The molecule has 0 aromatic heterocycles. The first-order valence-electron chi connectivity index (χ1n) is 7.88. The summed E-state index contributed by atoms with van der Waals surface area (Å²) in [5, 5.41) is 3.55. The summed E-state index contributed by atoms with van der Waals surface area (Å²) < 4.78 is 6.29. The van der Waals surface area contributed by atoms with Crippen LogP contribution in [0.25, 0.3) is 0 Å². The number of hydrogen-bond acceptors (Lipinski definition) is 2. The molecule has 1 atom stereocenters. The van der Waals surface area contributed by atoms with Crippen LogP contribution < -0.4 is 5.32 Å². The third-order valence-electron chi connectivity index (χ3n) is 4.08. The van der Waals surface area contributed by atoms with E-state index in [0.717, 1.165) is 13.2 Å². The molecule has 0 bridgehead atoms. The highest BCUT2D eigenvalue weighted by molar-refractivity contribution is 5.29. The van der Waals surface area contributed by atoms with Crippen LogP contribution in [0.1, 0.15) is 36.5 Å². The van der Waals surface area contributed by atoms with Crippen molar-refractivity contribution >= 4 is 0 Å². The number of rotatable bonds is 5. The van der Waals surface area contributed by atoms with Crippen molar-refractivity contribution in [2.75, 3.05) is 13.2 Å². The quantitative estimate of drug-likeness (QED) is 0.896. The molecule has 0 aliphatic carbocycles. The van der Waals surface area contributed by atoms with E-state index in [0.29, 0.717) is 6.04 Å². The van der Waals surface area contributed by atoms with Gasteiger partial charge in [0.1, 0.15) is 6.10 Å². The van der Waals surface area contributed by atoms with Crippen molar-refractivity contribution in [2.24, 2.45) is 0 Å². The molecule has 1 saturated heterocycles. The average Bonchev–Trinajstić information content (AvgIpc) is 2.58. The van der Waals surface area contributed by atoms with Crippen molar-refractivity contribution in [3.63, 3.8) is 0 Å². The van der Waals surface area contributed by atoms with Gasteiger partial charge in [0.15, 0.2) is 0 Å². The van der Waals surface area contributed by atoms with Crippen LogP contribution >= 0.6 is 0 Å². The lowest BCUT2D eigenvalue weighted by molar-refractivity contribution is 0.0566. The summed E-state index contributed by atoms with van der Waals surface area (Å²) in [7, 11) is 0. The Morgan fingerprint density at radius 3 is 2.05 bits per heavy atom. The number of hydrogen-bond donors (Lipinski definition) is 1. The van der Waals surface area contributed by atoms with Crippen LogP contribution in [0.15, 0.2) is 60.7 Å². The van der Waals surface area contributed by atoms with E-state index >= 15 is 0 Å². The predicted molar refractivity (Wildman–Crippen MR) is 86.3 cm³/mol. The van der Waals surface area contributed by atoms with Crippen LogP contribution in [-0.2, 0) is 4.74 Å². The molecule has 2 heteroatoms. The summed E-state index contributed by atoms with van der Waals surface area (Å²) in [6, 6.07) is 21.5. The normalized spacial score (nSPS) is 18.8. The summed E-state index contributed by atoms with van der Waals surface area (Å²) in [6.45, 7) is 1.89. The second-order valence-corrected chi connectivity index (χ2v) is 5.68. The molecule has 2 aromatic carbocycles. The van der Waals surface area contributed by atoms with Crippen molar-refractivity contribution in [1.29, 1.82) is 0 Å². The van der Waals surface area contributed by atoms with Crippen LogP contribution in [-0.4, -0.2) is 19.2 Å². The maximum absolute atomic E-state index is 6.29. The third kappa shape index (κ3) is 3.93. The van der Waals surface area contributed by atoms with Crippen LogP contribution in [0, 0.1) is 0 Å². The standard InChI is InChI=1S/C19H23NO/c1-3-9-16(10-4-1)19(17-11-5-2-6-12-17)21-15-18-13-7-8-14-20-18/h1-6,9-12,18-20H,7-8,13-15H2/t18-/m0/s1. The highest BCUT2D eigenvalue weighted by Crippen LogP contribution is 2.26. The Kier molecular flexibility index (Phi) is 5.03. The molecular weight excluding hydrogens is 258 g/mol. The van der Waals surface area contributed by atoms with Crippen LogP contribution in [0.3, 0.4) is 0 Å². The van der Waals surface area contributed by atoms with Gasteiger partial charge in [0, 0.05) is 6.04 Å². The lowest BCUT2D eigenvalue weighted by Gasteiger charge is -2.26. The number of ether oxygens (including phenoxy) is 1. The first kappa shape index (κ1) is 14.3. The third-order valence-corrected chi connectivity index (χ3v) is 4.08. The SMILES string of the molecule is c1ccc(C(OC[C@@H]2CCCCN2)c2ccccc2)cc1. The van der Waals surface area contributed by atoms with E-state index in [9.17, 15) is 0 Å². The van der Waals surface area contributed by atoms with Gasteiger partial charge in [-0.05, 0) is 30.5 Å². The molecule has 21 heavy (non-hydrogen) atoms. The molecule has 3 rings (SSSR count). The lowest BCUT2D eigenvalue weighted by Crippen LogP contribution is -2.38. The van der Waals surface area contributed by atoms with Gasteiger partial charge in [-0.3, -0.25) is 0 Å². The van der Waals surface area contributed by atoms with Crippen molar-refractivity contribution in [2.45, 2.75) is 31.4 Å². The van der Waals surface area contributed by atoms with E-state index < -0.39 is 0 Å². The first-order valence-corrected chi connectivity index (χ1v) is 7.88. The first-order chi connectivity index (χ1) is 10.4. The highest BCUT2D eigenvalue weighted by atomic mass is 16.5. The fourth-order valence-corrected chi connectivity index (χ4v) is 2.92. The molecule has 0 amide bonds. The van der Waals surface area contributed by atoms with Gasteiger partial charge in [-0.2, -0.15) is 0 Å². The fourth-order valence-electron chi connectivity index (χ4n) is 2.92. The minimum atomic E-state index is 0.0242. The number of piperidine rings is 1. The Morgan fingerprint density at radius 1 is 0.905 bits per heavy atom. The Bertz CT molecular complexity index is 480. The topological polar surface area (TPSA) is 21.3 Å². The second-order valence-electron chi connectivity index (χ2n) is 5.68. The zero-order valence-corrected chi connectivity index (χ0v) is 12.4. The molecule has 1 N–H and O–H groups in total. The summed E-state index contributed by atoms with van der Waals surface area (Å²) in [5.74, 6) is 0. The summed E-state index contributed by atoms with van der Waals surface area (Å²) >= 11 is 0. The Labute approximate surface area is 127 Å². The molecule has 1 aliphatic heterocycles. The van der Waals surface area contributed by atoms with Gasteiger partial charge in [0.05, 0.1) is 6.61 Å². The van der Waals surface area contributed by atoms with Gasteiger partial charge < -0.3 is 10.1 Å². The molecule has 1 fully saturated rings. The minimum absolute atomic E-state index is 0.0242. The van der Waals surface area contributed by atoms with Crippen molar-refractivity contribution in [3.8, 4) is 0 Å². The van der Waals surface area contributed by atoms with Crippen molar-refractivity contribution < 1.29 is 4.74 Å². The van der Waals surface area contributed by atoms with E-state index in [-0.39, 0.29) is 6.10 Å². The van der Waals surface area contributed by atoms with Gasteiger partial charge in [0.2, 0.25) is 0 Å². The molecule has 0 saturated carbocycles. The van der Waals surface area contributed by atoms with Gasteiger partial charge in [0.25, 0.3) is 0 Å². The summed E-state index contributed by atoms with van der Waals surface area (Å²) in [4.78, 5) is 0. The monoisotopic (exact) mass is 281 g/mol. The molecule has 2 nitrogen and oxygen atoms in total. The lowest BCUT2D eigenvalue weighted by atomic mass is 10.0. The fraction of sp³-hybridized carbons (Fsp3) is 0.368. The van der Waals surface area contributed by atoms with Gasteiger partial charge in [-0.1, -0.05) is 67.1 Å². The van der Waals surface area contributed by atoms with Gasteiger partial charge in [-0.15, -0.1) is 0 Å². The van der Waals surface area contributed by atoms with Crippen molar-refractivity contribution in [1.82, 2.24) is 5.32 Å². The summed E-state index contributed by atoms with van der Waals surface area (Å²) in [6.07, 6.45) is 3.84. The highest BCUT2D eigenvalue weighted by Gasteiger charge is 2.18. The zero-order valence-electron chi connectivity index (χ0n) is 12.4. The maximum Gasteiger partial charge on any atom is 0.108 e. The molecule has 110 valence electrons. The molecular formula is C19H23NO. The average molecular weight is 281 g/mol. The van der Waals surface area contributed by atoms with Gasteiger partial charge in [-0.25, -0.2) is 0 Å². The number of benzene rings is 2. The van der Waals surface area contributed by atoms with E-state index in [4.69, 9.17) is 4.74 Å². The van der Waals surface area contributed by atoms with E-state index in [2.05, 4.69) is 53.8 Å². The van der Waals surface area contributed by atoms with Crippen LogP contribution in [0.4, 0.5) is 0 Å². The Morgan fingerprint density at radius 2 is 1.52 bits per heavy atom. The smallest absolute Gasteiger partial charge is 0.108 e. The van der Waals surface area contributed by atoms with E-state index in [1.54, 1.807) is 0 Å². The largest absolute Gasteiger partial charge is 0.367 e. The maximum atomic E-state index is 6.29. The molecule has 1 heterocycles. The number of nitrogens with one attached hydrogen (secondary N) is 1. The Hall–Kier alpha value is -1.64. The van der Waals surface area contributed by atoms with Crippen LogP contribution in [0.2, 0.25) is 0 Å².